The maximum Gasteiger partial charge on any atom is 0.293 e. The highest BCUT2D eigenvalue weighted by molar-refractivity contribution is 6.04. The molecule has 0 aliphatic heterocycles. The number of nitrogen functional groups attached to an aromatic ring is 1. The molecule has 0 bridgehead atoms. The molecule has 0 aliphatic carbocycles. The number of nitrogens with one attached hydrogen (secondary N) is 1. The van der Waals surface area contributed by atoms with Gasteiger partial charge in [0.1, 0.15) is 5.69 Å². The molecule has 0 aliphatic rings. The van der Waals surface area contributed by atoms with Crippen LogP contribution >= 0.6 is 0 Å². The number of aromatic nitrogens is 1. The number of nitrogens with two attached hydrogens (primary N) is 1. The minimum Gasteiger partial charge on any atom is -0.436 e. The topological polar surface area (TPSA) is 81.2 Å². The van der Waals surface area contributed by atoms with Gasteiger partial charge in [-0.1, -0.05) is 0 Å². The second-order valence-electron chi connectivity index (χ2n) is 3.93. The highest BCUT2D eigenvalue weighted by atomic mass is 19.2. The van der Waals surface area contributed by atoms with Gasteiger partial charge in [-0.2, -0.15) is 0 Å². The van der Waals surface area contributed by atoms with E-state index in [4.69, 9.17) is 10.2 Å². The number of hydrogen-bond donors (Lipinski definition) is 2. The maximum atomic E-state index is 13.5. The predicted octanol–water partition coefficient (Wildman–Crippen LogP) is 2.40. The number of amides is 1. The van der Waals surface area contributed by atoms with Crippen molar-refractivity contribution in [3.8, 4) is 0 Å². The molecular weight excluding hydrogens is 256 g/mol. The Morgan fingerprint density at radius 3 is 2.63 bits per heavy atom. The molecule has 1 heterocycles. The molecular formula is C12H11F2N3O2. The molecule has 19 heavy (non-hydrogen) atoms. The second kappa shape index (κ2) is 4.68. The Bertz CT molecular complexity index is 653. The van der Waals surface area contributed by atoms with Gasteiger partial charge in [-0.05, 0) is 19.1 Å². The summed E-state index contributed by atoms with van der Waals surface area (Å²) in [5, 5.41) is 2.18. The molecule has 5 nitrogen and oxygen atoms in total. The van der Waals surface area contributed by atoms with Crippen LogP contribution in [0.5, 0.6) is 0 Å². The number of halogens is 2. The lowest BCUT2D eigenvalue weighted by Crippen LogP contribution is -2.15. The van der Waals surface area contributed by atoms with Crippen LogP contribution in [-0.4, -0.2) is 10.9 Å². The maximum absolute atomic E-state index is 13.5. The first-order valence-electron chi connectivity index (χ1n) is 5.39. The van der Waals surface area contributed by atoms with Crippen LogP contribution in [0.4, 0.5) is 20.2 Å². The quantitative estimate of drug-likeness (QED) is 0.819. The Kier molecular flexibility index (Phi) is 3.20. The molecule has 1 amide bonds. The van der Waals surface area contributed by atoms with Crippen molar-refractivity contribution < 1.29 is 18.0 Å². The van der Waals surface area contributed by atoms with Crippen LogP contribution in [0.1, 0.15) is 22.1 Å². The molecule has 1 aromatic heterocycles. The number of aryl methyl sites for hydroxylation is 2. The van der Waals surface area contributed by atoms with E-state index in [2.05, 4.69) is 10.3 Å². The van der Waals surface area contributed by atoms with Crippen molar-refractivity contribution in [1.29, 1.82) is 0 Å². The SMILES string of the molecule is Cc1nc(C)c(C(=O)Nc2c(N)ccc(F)c2F)o1. The lowest BCUT2D eigenvalue weighted by molar-refractivity contribution is 0.0994. The molecule has 1 aromatic carbocycles. The molecule has 2 aromatic rings. The van der Waals surface area contributed by atoms with E-state index in [1.165, 1.54) is 0 Å². The first-order chi connectivity index (χ1) is 8.90. The zero-order valence-electron chi connectivity index (χ0n) is 10.3. The molecule has 0 saturated heterocycles. The molecule has 7 heteroatoms. The summed E-state index contributed by atoms with van der Waals surface area (Å²) < 4.78 is 31.7. The summed E-state index contributed by atoms with van der Waals surface area (Å²) in [5.74, 6) is -2.83. The average molecular weight is 267 g/mol. The Hall–Kier alpha value is -2.44. The Labute approximate surface area is 107 Å². The zero-order valence-corrected chi connectivity index (χ0v) is 10.3. The van der Waals surface area contributed by atoms with Gasteiger partial charge in [-0.3, -0.25) is 4.79 Å². The summed E-state index contributed by atoms with van der Waals surface area (Å²) in [4.78, 5) is 15.8. The van der Waals surface area contributed by atoms with Crippen molar-refractivity contribution in [2.45, 2.75) is 13.8 Å². The third kappa shape index (κ3) is 2.40. The average Bonchev–Trinajstić information content (AvgIpc) is 2.69. The van der Waals surface area contributed by atoms with Gasteiger partial charge in [0.25, 0.3) is 5.91 Å². The smallest absolute Gasteiger partial charge is 0.293 e. The van der Waals surface area contributed by atoms with Gasteiger partial charge in [0.15, 0.2) is 17.5 Å². The van der Waals surface area contributed by atoms with Gasteiger partial charge in [0.05, 0.1) is 11.4 Å². The lowest BCUT2D eigenvalue weighted by Gasteiger charge is -2.08. The van der Waals surface area contributed by atoms with E-state index in [-0.39, 0.29) is 11.4 Å². The molecule has 0 unspecified atom stereocenters. The third-order valence-electron chi connectivity index (χ3n) is 2.48. The van der Waals surface area contributed by atoms with Crippen molar-refractivity contribution in [3.63, 3.8) is 0 Å². The minimum absolute atomic E-state index is 0.0689. The number of nitrogens with zero attached hydrogens (tertiary/aromatic N) is 1. The fourth-order valence-electron chi connectivity index (χ4n) is 1.60. The summed E-state index contributed by atoms with van der Waals surface area (Å²) in [6.07, 6.45) is 0. The highest BCUT2D eigenvalue weighted by Gasteiger charge is 2.20. The van der Waals surface area contributed by atoms with Gasteiger partial charge < -0.3 is 15.5 Å². The largest absolute Gasteiger partial charge is 0.436 e. The third-order valence-corrected chi connectivity index (χ3v) is 2.48. The zero-order chi connectivity index (χ0) is 14.2. The number of anilines is 2. The minimum atomic E-state index is -1.22. The van der Waals surface area contributed by atoms with Crippen molar-refractivity contribution in [2.24, 2.45) is 0 Å². The number of benzene rings is 1. The molecule has 0 spiro atoms. The molecule has 0 saturated carbocycles. The van der Waals surface area contributed by atoms with E-state index in [0.717, 1.165) is 12.1 Å². The molecule has 0 fully saturated rings. The van der Waals surface area contributed by atoms with Crippen molar-refractivity contribution in [3.05, 3.63) is 41.1 Å². The van der Waals surface area contributed by atoms with Gasteiger partial charge >= 0.3 is 0 Å². The second-order valence-corrected chi connectivity index (χ2v) is 3.93. The van der Waals surface area contributed by atoms with Crippen LogP contribution in [0.3, 0.4) is 0 Å². The number of hydrogen-bond acceptors (Lipinski definition) is 4. The van der Waals surface area contributed by atoms with E-state index in [1.54, 1.807) is 13.8 Å². The number of rotatable bonds is 2. The first kappa shape index (κ1) is 13.0. The normalized spacial score (nSPS) is 10.5. The number of oxazole rings is 1. The fourth-order valence-corrected chi connectivity index (χ4v) is 1.60. The van der Waals surface area contributed by atoms with Gasteiger partial charge in [0, 0.05) is 6.92 Å². The Morgan fingerprint density at radius 1 is 1.37 bits per heavy atom. The van der Waals surface area contributed by atoms with Crippen molar-refractivity contribution in [1.82, 2.24) is 4.98 Å². The van der Waals surface area contributed by atoms with Crippen molar-refractivity contribution >= 4 is 17.3 Å². The highest BCUT2D eigenvalue weighted by Crippen LogP contribution is 2.25. The van der Waals surface area contributed by atoms with Crippen molar-refractivity contribution in [2.75, 3.05) is 11.1 Å². The van der Waals surface area contributed by atoms with Crippen LogP contribution in [0.15, 0.2) is 16.5 Å². The van der Waals surface area contributed by atoms with Gasteiger partial charge in [-0.15, -0.1) is 0 Å². The molecule has 2 rings (SSSR count). The van der Waals surface area contributed by atoms with E-state index in [1.807, 2.05) is 0 Å². The predicted molar refractivity (Wildman–Crippen MR) is 64.7 cm³/mol. The molecule has 100 valence electrons. The first-order valence-corrected chi connectivity index (χ1v) is 5.39. The van der Waals surface area contributed by atoms with Gasteiger partial charge in [0.2, 0.25) is 5.76 Å². The molecule has 3 N–H and O–H groups in total. The van der Waals surface area contributed by atoms with Gasteiger partial charge in [-0.25, -0.2) is 13.8 Å². The standard InChI is InChI=1S/C12H11F2N3O2/c1-5-11(19-6(2)16-5)12(18)17-10-8(15)4-3-7(13)9(10)14/h3-4H,15H2,1-2H3,(H,17,18). The van der Waals surface area contributed by atoms with Crippen LogP contribution in [0, 0.1) is 25.5 Å². The Morgan fingerprint density at radius 2 is 2.05 bits per heavy atom. The van der Waals surface area contributed by atoms with Crippen LogP contribution in [0.2, 0.25) is 0 Å². The van der Waals surface area contributed by atoms with E-state index >= 15 is 0 Å². The summed E-state index contributed by atoms with van der Waals surface area (Å²) >= 11 is 0. The lowest BCUT2D eigenvalue weighted by atomic mass is 10.2. The monoisotopic (exact) mass is 267 g/mol. The number of carbonyl (C=O) groups is 1. The van der Waals surface area contributed by atoms with Crippen LogP contribution < -0.4 is 11.1 Å². The van der Waals surface area contributed by atoms with E-state index in [0.29, 0.717) is 11.6 Å². The van der Waals surface area contributed by atoms with Crippen LogP contribution in [0.25, 0.3) is 0 Å². The fraction of sp³-hybridized carbons (Fsp3) is 0.167. The summed E-state index contributed by atoms with van der Waals surface area (Å²) in [5.41, 5.74) is 5.34. The molecule has 0 radical (unpaired) electrons. The van der Waals surface area contributed by atoms with E-state index < -0.39 is 23.2 Å². The summed E-state index contributed by atoms with van der Waals surface area (Å²) in [7, 11) is 0. The summed E-state index contributed by atoms with van der Waals surface area (Å²) in [6.45, 7) is 3.14. The van der Waals surface area contributed by atoms with Crippen LogP contribution in [-0.2, 0) is 0 Å². The number of carbonyl (C=O) groups excluding carboxylic acids is 1. The summed E-state index contributed by atoms with van der Waals surface area (Å²) in [6, 6.07) is 2.04. The van der Waals surface area contributed by atoms with E-state index in [9.17, 15) is 13.6 Å². The Balaban J connectivity index is 2.34. The molecule has 0 atom stereocenters.